The SMILES string of the molecule is NS(=O)(=O)C1CCCN(S(=O)(=O)Cc2ccccc2)C1. The van der Waals surface area contributed by atoms with Gasteiger partial charge in [0, 0.05) is 13.1 Å². The second-order valence-corrected chi connectivity index (χ2v) is 8.77. The third kappa shape index (κ3) is 3.78. The smallest absolute Gasteiger partial charge is 0.218 e. The molecule has 8 heteroatoms. The molecular formula is C12H18N2O4S2. The first kappa shape index (κ1) is 15.4. The lowest BCUT2D eigenvalue weighted by Crippen LogP contribution is -2.47. The molecule has 1 fully saturated rings. The third-order valence-electron chi connectivity index (χ3n) is 3.39. The molecule has 0 spiro atoms. The van der Waals surface area contributed by atoms with Crippen molar-refractivity contribution in [2.45, 2.75) is 23.8 Å². The maximum Gasteiger partial charge on any atom is 0.218 e. The average molecular weight is 318 g/mol. The molecule has 0 saturated carbocycles. The van der Waals surface area contributed by atoms with Gasteiger partial charge < -0.3 is 0 Å². The summed E-state index contributed by atoms with van der Waals surface area (Å²) in [6.45, 7) is 0.301. The monoisotopic (exact) mass is 318 g/mol. The Kier molecular flexibility index (Phi) is 4.48. The summed E-state index contributed by atoms with van der Waals surface area (Å²) in [6, 6.07) is 8.83. The van der Waals surface area contributed by atoms with Crippen LogP contribution in [0.3, 0.4) is 0 Å². The summed E-state index contributed by atoms with van der Waals surface area (Å²) in [5, 5.41) is 4.32. The molecule has 0 bridgehead atoms. The van der Waals surface area contributed by atoms with Crippen molar-refractivity contribution in [2.75, 3.05) is 13.1 Å². The Morgan fingerprint density at radius 3 is 2.40 bits per heavy atom. The molecule has 0 aliphatic carbocycles. The summed E-state index contributed by atoms with van der Waals surface area (Å²) in [5.74, 6) is -0.120. The fourth-order valence-electron chi connectivity index (χ4n) is 2.30. The van der Waals surface area contributed by atoms with Gasteiger partial charge in [0.1, 0.15) is 0 Å². The van der Waals surface area contributed by atoms with Gasteiger partial charge >= 0.3 is 0 Å². The average Bonchev–Trinajstić information content (AvgIpc) is 2.38. The van der Waals surface area contributed by atoms with Crippen LogP contribution >= 0.6 is 0 Å². The van der Waals surface area contributed by atoms with E-state index in [-0.39, 0.29) is 12.3 Å². The van der Waals surface area contributed by atoms with Gasteiger partial charge in [-0.2, -0.15) is 0 Å². The number of nitrogens with zero attached hydrogens (tertiary/aromatic N) is 1. The van der Waals surface area contributed by atoms with E-state index in [2.05, 4.69) is 0 Å². The molecule has 6 nitrogen and oxygen atoms in total. The van der Waals surface area contributed by atoms with Gasteiger partial charge in [0.2, 0.25) is 20.0 Å². The van der Waals surface area contributed by atoms with Gasteiger partial charge in [0.15, 0.2) is 0 Å². The summed E-state index contributed by atoms with van der Waals surface area (Å²) in [5.41, 5.74) is 0.685. The van der Waals surface area contributed by atoms with E-state index in [4.69, 9.17) is 5.14 Å². The van der Waals surface area contributed by atoms with Crippen LogP contribution in [0.25, 0.3) is 0 Å². The van der Waals surface area contributed by atoms with E-state index in [9.17, 15) is 16.8 Å². The van der Waals surface area contributed by atoms with Gasteiger partial charge in [-0.25, -0.2) is 26.3 Å². The van der Waals surface area contributed by atoms with E-state index >= 15 is 0 Å². The highest BCUT2D eigenvalue weighted by molar-refractivity contribution is 7.90. The van der Waals surface area contributed by atoms with Crippen LogP contribution in [0.5, 0.6) is 0 Å². The Hall–Kier alpha value is -0.960. The van der Waals surface area contributed by atoms with Gasteiger partial charge in [0.05, 0.1) is 11.0 Å². The highest BCUT2D eigenvalue weighted by atomic mass is 32.2. The maximum atomic E-state index is 12.3. The number of hydrogen-bond acceptors (Lipinski definition) is 4. The first-order valence-corrected chi connectivity index (χ1v) is 9.54. The van der Waals surface area contributed by atoms with Crippen LogP contribution in [-0.4, -0.2) is 39.5 Å². The number of primary sulfonamides is 1. The highest BCUT2D eigenvalue weighted by Crippen LogP contribution is 2.20. The van der Waals surface area contributed by atoms with Crippen LogP contribution < -0.4 is 5.14 Å². The van der Waals surface area contributed by atoms with E-state index in [1.807, 2.05) is 6.07 Å². The van der Waals surface area contributed by atoms with Crippen molar-refractivity contribution >= 4 is 20.0 Å². The molecule has 1 aromatic rings. The molecule has 1 unspecified atom stereocenters. The van der Waals surface area contributed by atoms with Gasteiger partial charge in [-0.05, 0) is 18.4 Å². The van der Waals surface area contributed by atoms with E-state index in [0.29, 0.717) is 24.9 Å². The van der Waals surface area contributed by atoms with Crippen LogP contribution in [0.1, 0.15) is 18.4 Å². The zero-order chi connectivity index (χ0) is 14.8. The first-order chi connectivity index (χ1) is 9.29. The lowest BCUT2D eigenvalue weighted by atomic mass is 10.2. The van der Waals surface area contributed by atoms with Crippen molar-refractivity contribution in [3.63, 3.8) is 0 Å². The van der Waals surface area contributed by atoms with Crippen molar-refractivity contribution in [1.29, 1.82) is 0 Å². The quantitative estimate of drug-likeness (QED) is 0.861. The number of sulfonamides is 2. The molecule has 20 heavy (non-hydrogen) atoms. The number of nitrogens with two attached hydrogens (primary N) is 1. The maximum absolute atomic E-state index is 12.3. The van der Waals surface area contributed by atoms with E-state index in [1.165, 1.54) is 4.31 Å². The second kappa shape index (κ2) is 5.80. The zero-order valence-corrected chi connectivity index (χ0v) is 12.6. The topological polar surface area (TPSA) is 97.5 Å². The van der Waals surface area contributed by atoms with Crippen molar-refractivity contribution in [2.24, 2.45) is 5.14 Å². The van der Waals surface area contributed by atoms with E-state index in [1.54, 1.807) is 24.3 Å². The highest BCUT2D eigenvalue weighted by Gasteiger charge is 2.33. The summed E-state index contributed by atoms with van der Waals surface area (Å²) >= 11 is 0. The van der Waals surface area contributed by atoms with E-state index < -0.39 is 25.3 Å². The van der Waals surface area contributed by atoms with Gasteiger partial charge in [-0.1, -0.05) is 30.3 Å². The van der Waals surface area contributed by atoms with Gasteiger partial charge in [0.25, 0.3) is 0 Å². The van der Waals surface area contributed by atoms with Gasteiger partial charge in [-0.15, -0.1) is 0 Å². The minimum Gasteiger partial charge on any atom is -0.228 e. The predicted molar refractivity (Wildman–Crippen MR) is 76.8 cm³/mol. The molecule has 1 atom stereocenters. The Morgan fingerprint density at radius 2 is 1.80 bits per heavy atom. The van der Waals surface area contributed by atoms with Crippen molar-refractivity contribution in [3.05, 3.63) is 35.9 Å². The lowest BCUT2D eigenvalue weighted by Gasteiger charge is -2.30. The number of hydrogen-bond donors (Lipinski definition) is 1. The molecule has 1 aromatic carbocycles. The molecule has 1 aliphatic heterocycles. The first-order valence-electron chi connectivity index (χ1n) is 6.32. The van der Waals surface area contributed by atoms with Crippen molar-refractivity contribution < 1.29 is 16.8 Å². The number of rotatable bonds is 4. The lowest BCUT2D eigenvalue weighted by molar-refractivity contribution is 0.345. The van der Waals surface area contributed by atoms with Crippen LogP contribution in [0, 0.1) is 0 Å². The predicted octanol–water partition coefficient (Wildman–Crippen LogP) is 0.269. The van der Waals surface area contributed by atoms with Crippen LogP contribution in [0.2, 0.25) is 0 Å². The molecule has 1 aliphatic rings. The minimum atomic E-state index is -3.70. The van der Waals surface area contributed by atoms with E-state index in [0.717, 1.165) is 0 Å². The molecule has 2 N–H and O–H groups in total. The standard InChI is InChI=1S/C12H18N2O4S2/c13-20(17,18)12-7-4-8-14(9-12)19(15,16)10-11-5-2-1-3-6-11/h1-3,5-6,12H,4,7-10H2,(H2,13,17,18). The van der Waals surface area contributed by atoms with Crippen molar-refractivity contribution in [1.82, 2.24) is 4.31 Å². The fraction of sp³-hybridized carbons (Fsp3) is 0.500. The number of benzene rings is 1. The summed E-state index contributed by atoms with van der Waals surface area (Å²) in [6.07, 6.45) is 0.922. The number of piperidine rings is 1. The van der Waals surface area contributed by atoms with Crippen LogP contribution in [0.4, 0.5) is 0 Å². The molecule has 1 heterocycles. The van der Waals surface area contributed by atoms with Crippen LogP contribution in [0.15, 0.2) is 30.3 Å². The Bertz CT molecular complexity index is 656. The summed E-state index contributed by atoms with van der Waals surface area (Å²) < 4.78 is 48.6. The fourth-order valence-corrected chi connectivity index (χ4v) is 4.89. The zero-order valence-electron chi connectivity index (χ0n) is 11.0. The molecular weight excluding hydrogens is 300 g/mol. The Morgan fingerprint density at radius 1 is 1.15 bits per heavy atom. The normalized spacial score (nSPS) is 21.8. The molecule has 1 saturated heterocycles. The molecule has 0 aromatic heterocycles. The minimum absolute atomic E-state index is 0.0476. The Balaban J connectivity index is 2.14. The molecule has 2 rings (SSSR count). The van der Waals surface area contributed by atoms with Gasteiger partial charge in [-0.3, -0.25) is 0 Å². The molecule has 0 radical (unpaired) electrons. The third-order valence-corrected chi connectivity index (χ3v) is 6.52. The largest absolute Gasteiger partial charge is 0.228 e. The Labute approximate surface area is 119 Å². The molecule has 112 valence electrons. The summed E-state index contributed by atoms with van der Waals surface area (Å²) in [7, 11) is -7.21. The molecule has 0 amide bonds. The van der Waals surface area contributed by atoms with Crippen molar-refractivity contribution in [3.8, 4) is 0 Å². The summed E-state index contributed by atoms with van der Waals surface area (Å²) in [4.78, 5) is 0. The second-order valence-electron chi connectivity index (χ2n) is 4.95. The van der Waals surface area contributed by atoms with Crippen LogP contribution in [-0.2, 0) is 25.8 Å².